The second kappa shape index (κ2) is 8.36. The third-order valence-electron chi connectivity index (χ3n) is 8.83. The number of ether oxygens (including phenoxy) is 1. The first-order valence-corrected chi connectivity index (χ1v) is 11.9. The number of carbonyl (C=O) groups is 3. The fraction of sp³-hybridized carbons (Fsp3) is 0.640. The first kappa shape index (κ1) is 24.2. The van der Waals surface area contributed by atoms with Gasteiger partial charge in [-0.25, -0.2) is 4.79 Å². The van der Waals surface area contributed by atoms with E-state index in [0.29, 0.717) is 25.3 Å². The molecule has 0 aromatic heterocycles. The van der Waals surface area contributed by atoms with Crippen LogP contribution < -0.4 is 5.32 Å². The summed E-state index contributed by atoms with van der Waals surface area (Å²) in [5, 5.41) is 31.2. The van der Waals surface area contributed by atoms with Gasteiger partial charge in [0.15, 0.2) is 17.2 Å². The van der Waals surface area contributed by atoms with Crippen LogP contribution >= 0.6 is 0 Å². The van der Waals surface area contributed by atoms with E-state index < -0.39 is 41.1 Å². The van der Waals surface area contributed by atoms with Gasteiger partial charge < -0.3 is 30.3 Å². The van der Waals surface area contributed by atoms with Gasteiger partial charge in [-0.3, -0.25) is 9.59 Å². The molecule has 186 valence electrons. The summed E-state index contributed by atoms with van der Waals surface area (Å²) in [5.74, 6) is -2.99. The highest BCUT2D eigenvalue weighted by Gasteiger charge is 2.63. The number of carbonyl (C=O) groups excluding carboxylic acids is 3. The Kier molecular flexibility index (Phi) is 5.94. The number of likely N-dealkylation sites (tertiary alicyclic amines) is 1. The average molecular weight is 475 g/mol. The SMILES string of the molecule is CC(NC(=O)c1cc(O)c(O)c(O)c1)C(=O)N1CCCC1C(=O)OC1CC2CCC1(C)C2(C)C. The van der Waals surface area contributed by atoms with Crippen molar-refractivity contribution in [2.45, 2.75) is 78.0 Å². The Morgan fingerprint density at radius 3 is 2.32 bits per heavy atom. The maximum Gasteiger partial charge on any atom is 0.329 e. The summed E-state index contributed by atoms with van der Waals surface area (Å²) in [7, 11) is 0. The Bertz CT molecular complexity index is 1000. The van der Waals surface area contributed by atoms with Crippen molar-refractivity contribution in [2.24, 2.45) is 16.7 Å². The van der Waals surface area contributed by atoms with Crippen LogP contribution in [0.4, 0.5) is 0 Å². The van der Waals surface area contributed by atoms with Crippen LogP contribution in [0.25, 0.3) is 0 Å². The number of nitrogens with one attached hydrogen (secondary N) is 1. The molecule has 1 aliphatic heterocycles. The van der Waals surface area contributed by atoms with E-state index in [4.69, 9.17) is 4.74 Å². The van der Waals surface area contributed by atoms with Crippen molar-refractivity contribution in [1.29, 1.82) is 0 Å². The lowest BCUT2D eigenvalue weighted by Crippen LogP contribution is -2.51. The van der Waals surface area contributed by atoms with Gasteiger partial charge in [-0.2, -0.15) is 0 Å². The average Bonchev–Trinajstić information content (AvgIpc) is 3.40. The fourth-order valence-electron chi connectivity index (χ4n) is 6.13. The van der Waals surface area contributed by atoms with Gasteiger partial charge in [0.2, 0.25) is 5.91 Å². The van der Waals surface area contributed by atoms with Gasteiger partial charge in [0, 0.05) is 17.5 Å². The molecule has 9 nitrogen and oxygen atoms in total. The number of amides is 2. The molecular formula is C25H34N2O7. The smallest absolute Gasteiger partial charge is 0.329 e. The van der Waals surface area contributed by atoms with E-state index in [1.807, 2.05) is 0 Å². The molecule has 1 saturated heterocycles. The number of fused-ring (bicyclic) bond motifs is 2. The van der Waals surface area contributed by atoms with E-state index in [1.54, 1.807) is 0 Å². The molecule has 0 radical (unpaired) electrons. The first-order chi connectivity index (χ1) is 15.9. The maximum atomic E-state index is 13.1. The minimum atomic E-state index is -0.946. The molecule has 4 rings (SSSR count). The number of hydrogen-bond donors (Lipinski definition) is 4. The van der Waals surface area contributed by atoms with Crippen LogP contribution in [0.2, 0.25) is 0 Å². The topological polar surface area (TPSA) is 136 Å². The molecule has 5 unspecified atom stereocenters. The molecule has 2 aliphatic carbocycles. The summed E-state index contributed by atoms with van der Waals surface area (Å²) in [5.41, 5.74) is -0.0700. The lowest BCUT2D eigenvalue weighted by molar-refractivity contribution is -0.165. The van der Waals surface area contributed by atoms with Crippen LogP contribution in [0.3, 0.4) is 0 Å². The molecule has 1 aromatic rings. The first-order valence-electron chi connectivity index (χ1n) is 11.9. The molecular weight excluding hydrogens is 440 g/mol. The highest BCUT2D eigenvalue weighted by atomic mass is 16.5. The molecule has 4 N–H and O–H groups in total. The van der Waals surface area contributed by atoms with Crippen molar-refractivity contribution in [3.8, 4) is 17.2 Å². The highest BCUT2D eigenvalue weighted by Crippen LogP contribution is 2.66. The van der Waals surface area contributed by atoms with Crippen molar-refractivity contribution < 1.29 is 34.4 Å². The molecule has 2 amide bonds. The largest absolute Gasteiger partial charge is 0.504 e. The van der Waals surface area contributed by atoms with Crippen LogP contribution in [0.5, 0.6) is 17.2 Å². The minimum Gasteiger partial charge on any atom is -0.504 e. The fourth-order valence-corrected chi connectivity index (χ4v) is 6.13. The zero-order valence-electron chi connectivity index (χ0n) is 20.1. The van der Waals surface area contributed by atoms with E-state index in [2.05, 4.69) is 26.1 Å². The summed E-state index contributed by atoms with van der Waals surface area (Å²) in [4.78, 5) is 40.2. The van der Waals surface area contributed by atoms with Crippen LogP contribution in [0.1, 0.15) is 70.2 Å². The number of nitrogens with zero attached hydrogens (tertiary/aromatic N) is 1. The second-order valence-corrected chi connectivity index (χ2v) is 10.8. The van der Waals surface area contributed by atoms with E-state index in [0.717, 1.165) is 31.4 Å². The number of benzene rings is 1. The number of esters is 1. The Hall–Kier alpha value is -2.97. The van der Waals surface area contributed by atoms with Gasteiger partial charge in [0.25, 0.3) is 5.91 Å². The van der Waals surface area contributed by atoms with Gasteiger partial charge in [0.05, 0.1) is 0 Å². The Morgan fingerprint density at radius 1 is 1.12 bits per heavy atom. The maximum absolute atomic E-state index is 13.1. The zero-order valence-corrected chi connectivity index (χ0v) is 20.1. The van der Waals surface area contributed by atoms with E-state index in [9.17, 15) is 29.7 Å². The van der Waals surface area contributed by atoms with Crippen molar-refractivity contribution >= 4 is 17.8 Å². The normalized spacial score (nSPS) is 30.2. The standard InChI is InChI=1S/C25H34N2O7/c1-13(26-21(31)14-10-17(28)20(30)18(29)11-14)22(32)27-9-5-6-16(27)23(33)34-19-12-15-7-8-25(19,4)24(15,2)3/h10-11,13,15-16,19,28-30H,5-9,12H2,1-4H3,(H,26,31). The Balaban J connectivity index is 1.40. The lowest BCUT2D eigenvalue weighted by atomic mass is 9.70. The Morgan fingerprint density at radius 2 is 1.76 bits per heavy atom. The molecule has 2 saturated carbocycles. The molecule has 3 aliphatic rings. The lowest BCUT2D eigenvalue weighted by Gasteiger charge is -2.39. The molecule has 1 heterocycles. The Labute approximate surface area is 199 Å². The van der Waals surface area contributed by atoms with Crippen LogP contribution in [0.15, 0.2) is 12.1 Å². The molecule has 0 spiro atoms. The molecule has 5 atom stereocenters. The highest BCUT2D eigenvalue weighted by molar-refractivity contribution is 5.99. The molecule has 9 heteroatoms. The third kappa shape index (κ3) is 3.75. The van der Waals surface area contributed by atoms with Crippen LogP contribution in [-0.2, 0) is 14.3 Å². The van der Waals surface area contributed by atoms with Gasteiger partial charge in [-0.1, -0.05) is 20.8 Å². The molecule has 3 fully saturated rings. The monoisotopic (exact) mass is 474 g/mol. The number of aromatic hydroxyl groups is 3. The van der Waals surface area contributed by atoms with Crippen molar-refractivity contribution in [2.75, 3.05) is 6.54 Å². The summed E-state index contributed by atoms with van der Waals surface area (Å²) in [6, 6.07) is 0.363. The zero-order chi connectivity index (χ0) is 25.0. The minimum absolute atomic E-state index is 0.0662. The van der Waals surface area contributed by atoms with Crippen LogP contribution in [-0.4, -0.2) is 62.7 Å². The molecule has 34 heavy (non-hydrogen) atoms. The second-order valence-electron chi connectivity index (χ2n) is 10.8. The number of phenols is 3. The van der Waals surface area contributed by atoms with E-state index in [-0.39, 0.29) is 28.5 Å². The van der Waals surface area contributed by atoms with Crippen molar-refractivity contribution in [3.63, 3.8) is 0 Å². The predicted octanol–water partition coefficient (Wildman–Crippen LogP) is 2.67. The molecule has 1 aromatic carbocycles. The molecule has 2 bridgehead atoms. The van der Waals surface area contributed by atoms with Crippen molar-refractivity contribution in [3.05, 3.63) is 17.7 Å². The summed E-state index contributed by atoms with van der Waals surface area (Å²) in [6.45, 7) is 8.62. The summed E-state index contributed by atoms with van der Waals surface area (Å²) < 4.78 is 6.02. The quantitative estimate of drug-likeness (QED) is 0.380. The van der Waals surface area contributed by atoms with Gasteiger partial charge in [-0.05, 0) is 62.5 Å². The van der Waals surface area contributed by atoms with Gasteiger partial charge in [-0.15, -0.1) is 0 Å². The summed E-state index contributed by atoms with van der Waals surface area (Å²) in [6.07, 6.45) is 4.07. The summed E-state index contributed by atoms with van der Waals surface area (Å²) >= 11 is 0. The van der Waals surface area contributed by atoms with Crippen molar-refractivity contribution in [1.82, 2.24) is 10.2 Å². The van der Waals surface area contributed by atoms with E-state index in [1.165, 1.54) is 11.8 Å². The van der Waals surface area contributed by atoms with Gasteiger partial charge in [0.1, 0.15) is 18.2 Å². The predicted molar refractivity (Wildman–Crippen MR) is 122 cm³/mol. The number of rotatable bonds is 5. The van der Waals surface area contributed by atoms with E-state index >= 15 is 0 Å². The van der Waals surface area contributed by atoms with Gasteiger partial charge >= 0.3 is 5.97 Å². The third-order valence-corrected chi connectivity index (χ3v) is 8.83. The number of phenolic OH excluding ortho intramolecular Hbond substituents is 3. The number of hydrogen-bond acceptors (Lipinski definition) is 7. The van der Waals surface area contributed by atoms with Crippen LogP contribution in [0, 0.1) is 16.7 Å².